The maximum Gasteiger partial charge on any atom is 0.252 e. The highest BCUT2D eigenvalue weighted by molar-refractivity contribution is 6.05. The van der Waals surface area contributed by atoms with Gasteiger partial charge in [0.2, 0.25) is 0 Å². The first-order valence-electron chi connectivity index (χ1n) is 10.4. The van der Waals surface area contributed by atoms with E-state index in [2.05, 4.69) is 48.5 Å². The molecule has 2 aliphatic rings. The average molecular weight is 374 g/mol. The summed E-state index contributed by atoms with van der Waals surface area (Å²) >= 11 is 0. The molecule has 0 saturated heterocycles. The topological polar surface area (TPSA) is 59.8 Å². The Kier molecular flexibility index (Phi) is 4.18. The Hall–Kier alpha value is -2.69. The number of nitrogens with zero attached hydrogens (tertiary/aromatic N) is 3. The monoisotopic (exact) mass is 374 g/mol. The molecule has 0 spiro atoms. The fourth-order valence-corrected chi connectivity index (χ4v) is 4.33. The second kappa shape index (κ2) is 6.73. The molecule has 0 radical (unpaired) electrons. The van der Waals surface area contributed by atoms with Crippen molar-refractivity contribution >= 4 is 16.9 Å². The van der Waals surface area contributed by atoms with Gasteiger partial charge in [-0.2, -0.15) is 5.10 Å². The molecule has 5 heteroatoms. The first-order chi connectivity index (χ1) is 13.6. The third-order valence-electron chi connectivity index (χ3n) is 5.99. The molecule has 2 aliphatic carbocycles. The largest absolute Gasteiger partial charge is 0.345 e. The van der Waals surface area contributed by atoms with E-state index in [0.717, 1.165) is 48.8 Å². The Morgan fingerprint density at radius 1 is 1.21 bits per heavy atom. The third kappa shape index (κ3) is 2.99. The van der Waals surface area contributed by atoms with Crippen molar-refractivity contribution < 1.29 is 4.79 Å². The quantitative estimate of drug-likeness (QED) is 0.720. The SMILES string of the molecule is CC(C)n1ncc2c(C(=O)N[C@H]3CCCc4ccccc43)cc(C3CC3)nc21. The zero-order valence-corrected chi connectivity index (χ0v) is 16.5. The number of pyridine rings is 1. The molecule has 1 N–H and O–H groups in total. The van der Waals surface area contributed by atoms with E-state index < -0.39 is 0 Å². The number of hydrogen-bond donors (Lipinski definition) is 1. The van der Waals surface area contributed by atoms with E-state index in [-0.39, 0.29) is 18.0 Å². The Bertz CT molecular complexity index is 1050. The van der Waals surface area contributed by atoms with Crippen molar-refractivity contribution in [1.29, 1.82) is 0 Å². The van der Waals surface area contributed by atoms with Crippen molar-refractivity contribution in [3.8, 4) is 0 Å². The fraction of sp³-hybridized carbons (Fsp3) is 0.435. The van der Waals surface area contributed by atoms with Crippen LogP contribution in [0.25, 0.3) is 11.0 Å². The summed E-state index contributed by atoms with van der Waals surface area (Å²) in [6.45, 7) is 4.19. The van der Waals surface area contributed by atoms with Gasteiger partial charge in [0.25, 0.3) is 5.91 Å². The van der Waals surface area contributed by atoms with Crippen molar-refractivity contribution in [3.63, 3.8) is 0 Å². The number of carbonyl (C=O) groups is 1. The van der Waals surface area contributed by atoms with E-state index in [0.29, 0.717) is 11.5 Å². The van der Waals surface area contributed by atoms with Gasteiger partial charge in [-0.1, -0.05) is 24.3 Å². The molecule has 144 valence electrons. The van der Waals surface area contributed by atoms with Crippen LogP contribution in [-0.4, -0.2) is 20.7 Å². The molecule has 1 saturated carbocycles. The average Bonchev–Trinajstić information content (AvgIpc) is 3.46. The maximum absolute atomic E-state index is 13.3. The molecule has 0 bridgehead atoms. The number of nitrogens with one attached hydrogen (secondary N) is 1. The molecule has 0 unspecified atom stereocenters. The highest BCUT2D eigenvalue weighted by atomic mass is 16.1. The van der Waals surface area contributed by atoms with Crippen LogP contribution in [0.15, 0.2) is 36.5 Å². The fourth-order valence-electron chi connectivity index (χ4n) is 4.33. The van der Waals surface area contributed by atoms with Crippen LogP contribution < -0.4 is 5.32 Å². The molecule has 5 nitrogen and oxygen atoms in total. The Morgan fingerprint density at radius 3 is 2.82 bits per heavy atom. The van der Waals surface area contributed by atoms with Gasteiger partial charge in [-0.3, -0.25) is 4.79 Å². The first kappa shape index (κ1) is 17.4. The Morgan fingerprint density at radius 2 is 2.04 bits per heavy atom. The van der Waals surface area contributed by atoms with E-state index >= 15 is 0 Å². The number of fused-ring (bicyclic) bond motifs is 2. The Balaban J connectivity index is 1.53. The normalized spacial score (nSPS) is 19.0. The van der Waals surface area contributed by atoms with Crippen molar-refractivity contribution in [2.24, 2.45) is 0 Å². The number of hydrogen-bond acceptors (Lipinski definition) is 3. The molecule has 2 aromatic heterocycles. The van der Waals surface area contributed by atoms with E-state index in [4.69, 9.17) is 4.98 Å². The van der Waals surface area contributed by atoms with Gasteiger partial charge >= 0.3 is 0 Å². The van der Waals surface area contributed by atoms with Crippen LogP contribution in [0.5, 0.6) is 0 Å². The minimum absolute atomic E-state index is 0.0145. The third-order valence-corrected chi connectivity index (χ3v) is 5.99. The van der Waals surface area contributed by atoms with Crippen molar-refractivity contribution in [2.75, 3.05) is 0 Å². The smallest absolute Gasteiger partial charge is 0.252 e. The molecular weight excluding hydrogens is 348 g/mol. The summed E-state index contributed by atoms with van der Waals surface area (Å²) in [5.74, 6) is 0.473. The van der Waals surface area contributed by atoms with E-state index in [1.54, 1.807) is 6.20 Å². The van der Waals surface area contributed by atoms with Gasteiger partial charge in [-0.05, 0) is 63.1 Å². The van der Waals surface area contributed by atoms with Gasteiger partial charge in [-0.15, -0.1) is 0 Å². The van der Waals surface area contributed by atoms with Crippen LogP contribution in [0.3, 0.4) is 0 Å². The van der Waals surface area contributed by atoms with E-state index in [1.165, 1.54) is 11.1 Å². The number of amides is 1. The summed E-state index contributed by atoms with van der Waals surface area (Å²) in [5.41, 5.74) is 5.18. The van der Waals surface area contributed by atoms with Crippen molar-refractivity contribution in [3.05, 3.63) is 58.9 Å². The highest BCUT2D eigenvalue weighted by Gasteiger charge is 2.29. The van der Waals surface area contributed by atoms with E-state index in [9.17, 15) is 4.79 Å². The lowest BCUT2D eigenvalue weighted by Gasteiger charge is -2.26. The summed E-state index contributed by atoms with van der Waals surface area (Å²) in [4.78, 5) is 18.2. The minimum Gasteiger partial charge on any atom is -0.345 e. The molecule has 1 fully saturated rings. The molecule has 1 aromatic carbocycles. The summed E-state index contributed by atoms with van der Waals surface area (Å²) in [6, 6.07) is 10.7. The number of aromatic nitrogens is 3. The minimum atomic E-state index is -0.0145. The molecule has 5 rings (SSSR count). The molecule has 0 aliphatic heterocycles. The van der Waals surface area contributed by atoms with Gasteiger partial charge in [0.15, 0.2) is 5.65 Å². The summed E-state index contributed by atoms with van der Waals surface area (Å²) < 4.78 is 1.92. The second-order valence-electron chi connectivity index (χ2n) is 8.41. The maximum atomic E-state index is 13.3. The van der Waals surface area contributed by atoms with Gasteiger partial charge in [-0.25, -0.2) is 9.67 Å². The standard InChI is InChI=1S/C23H26N4O/c1-14(2)27-22-19(13-24-27)18(12-21(25-22)16-10-11-16)23(28)26-20-9-5-7-15-6-3-4-8-17(15)20/h3-4,6,8,12-14,16,20H,5,7,9-11H2,1-2H3,(H,26,28)/t20-/m0/s1. The summed E-state index contributed by atoms with van der Waals surface area (Å²) in [6.07, 6.45) is 7.29. The number of carbonyl (C=O) groups excluding carboxylic acids is 1. The number of aryl methyl sites for hydroxylation is 1. The highest BCUT2D eigenvalue weighted by Crippen LogP contribution is 2.40. The summed E-state index contributed by atoms with van der Waals surface area (Å²) in [7, 11) is 0. The molecule has 3 aromatic rings. The van der Waals surface area contributed by atoms with Crippen LogP contribution in [0.4, 0.5) is 0 Å². The van der Waals surface area contributed by atoms with Gasteiger partial charge in [0.1, 0.15) is 0 Å². The molecule has 28 heavy (non-hydrogen) atoms. The zero-order valence-electron chi connectivity index (χ0n) is 16.5. The molecule has 2 heterocycles. The van der Waals surface area contributed by atoms with Crippen LogP contribution >= 0.6 is 0 Å². The van der Waals surface area contributed by atoms with Crippen LogP contribution in [-0.2, 0) is 6.42 Å². The van der Waals surface area contributed by atoms with Crippen LogP contribution in [0, 0.1) is 0 Å². The predicted molar refractivity (Wildman–Crippen MR) is 109 cm³/mol. The van der Waals surface area contributed by atoms with Gasteiger partial charge in [0.05, 0.1) is 23.2 Å². The van der Waals surface area contributed by atoms with E-state index in [1.807, 2.05) is 10.7 Å². The Labute approximate surface area is 165 Å². The van der Waals surface area contributed by atoms with Crippen LogP contribution in [0.1, 0.15) is 84.7 Å². The van der Waals surface area contributed by atoms with Crippen LogP contribution in [0.2, 0.25) is 0 Å². The molecule has 1 amide bonds. The van der Waals surface area contributed by atoms with Gasteiger partial charge in [0, 0.05) is 17.7 Å². The first-order valence-corrected chi connectivity index (χ1v) is 10.4. The van der Waals surface area contributed by atoms with Crippen molar-refractivity contribution in [1.82, 2.24) is 20.1 Å². The van der Waals surface area contributed by atoms with Gasteiger partial charge < -0.3 is 5.32 Å². The molecular formula is C23H26N4O. The zero-order chi connectivity index (χ0) is 19.3. The second-order valence-corrected chi connectivity index (χ2v) is 8.41. The molecule has 1 atom stereocenters. The number of rotatable bonds is 4. The lowest BCUT2D eigenvalue weighted by atomic mass is 9.87. The lowest BCUT2D eigenvalue weighted by Crippen LogP contribution is -2.31. The predicted octanol–water partition coefficient (Wildman–Crippen LogP) is 4.70. The number of benzene rings is 1. The summed E-state index contributed by atoms with van der Waals surface area (Å²) in [5, 5.41) is 8.67. The van der Waals surface area contributed by atoms with Crippen molar-refractivity contribution in [2.45, 2.75) is 64.0 Å². The lowest BCUT2D eigenvalue weighted by molar-refractivity contribution is 0.0934.